The number of carbonyl (C=O) groups is 4. The van der Waals surface area contributed by atoms with Gasteiger partial charge in [0.15, 0.2) is 17.3 Å². The van der Waals surface area contributed by atoms with Crippen LogP contribution in [0, 0.1) is 17.8 Å². The summed E-state index contributed by atoms with van der Waals surface area (Å²) in [7, 11) is 3.44. The molecular formula is C42H47N7O5. The highest BCUT2D eigenvalue weighted by atomic mass is 16.5. The average molecular weight is 730 g/mol. The summed E-state index contributed by atoms with van der Waals surface area (Å²) in [6, 6.07) is 13.6. The Kier molecular flexibility index (Phi) is 8.37. The largest absolute Gasteiger partial charge is 0.469 e. The summed E-state index contributed by atoms with van der Waals surface area (Å²) in [6.45, 7) is 5.77. The van der Waals surface area contributed by atoms with Crippen LogP contribution in [0.4, 0.5) is 11.4 Å². The van der Waals surface area contributed by atoms with E-state index in [1.165, 1.54) is 7.11 Å². The number of hydrogen-bond acceptors (Lipinski definition) is 8. The van der Waals surface area contributed by atoms with Gasteiger partial charge >= 0.3 is 5.97 Å². The summed E-state index contributed by atoms with van der Waals surface area (Å²) in [5, 5.41) is 7.65. The van der Waals surface area contributed by atoms with E-state index in [-0.39, 0.29) is 34.4 Å². The van der Waals surface area contributed by atoms with E-state index < -0.39 is 0 Å². The molecule has 5 aliphatic rings. The van der Waals surface area contributed by atoms with Crippen molar-refractivity contribution in [3.05, 3.63) is 82.2 Å². The van der Waals surface area contributed by atoms with Gasteiger partial charge in [-0.2, -0.15) is 5.10 Å². The van der Waals surface area contributed by atoms with Gasteiger partial charge in [-0.3, -0.25) is 28.8 Å². The van der Waals surface area contributed by atoms with Gasteiger partial charge in [0.1, 0.15) is 5.69 Å². The minimum Gasteiger partial charge on any atom is -0.469 e. The molecule has 0 unspecified atom stereocenters. The number of nitrogens with zero attached hydrogens (tertiary/aromatic N) is 6. The predicted molar refractivity (Wildman–Crippen MR) is 203 cm³/mol. The topological polar surface area (TPSA) is 132 Å². The van der Waals surface area contributed by atoms with E-state index >= 15 is 0 Å². The van der Waals surface area contributed by atoms with Crippen molar-refractivity contribution in [2.24, 2.45) is 17.9 Å². The maximum Gasteiger partial charge on any atom is 0.311 e. The summed E-state index contributed by atoms with van der Waals surface area (Å²) in [5.74, 6) is -0.0442. The molecule has 2 aromatic heterocycles. The first kappa shape index (κ1) is 34.7. The van der Waals surface area contributed by atoms with Crippen LogP contribution in [-0.4, -0.2) is 74.5 Å². The number of carbonyl (C=O) groups excluding carboxylic acids is 4. The van der Waals surface area contributed by atoms with E-state index in [0.29, 0.717) is 55.4 Å². The van der Waals surface area contributed by atoms with Crippen LogP contribution in [-0.2, 0) is 42.5 Å². The van der Waals surface area contributed by atoms with Crippen molar-refractivity contribution in [2.45, 2.75) is 84.2 Å². The molecule has 0 radical (unpaired) electrons. The van der Waals surface area contributed by atoms with Crippen LogP contribution in [0.1, 0.15) is 105 Å². The molecule has 0 spiro atoms. The number of esters is 1. The number of rotatable bonds is 8. The number of Topliss-reactive ketones (excluding diaryl/α,β-unsaturated/α-hetero) is 1. The number of aryl methyl sites for hydroxylation is 1. The highest BCUT2D eigenvalue weighted by Gasteiger charge is 2.58. The van der Waals surface area contributed by atoms with Gasteiger partial charge in [0.05, 0.1) is 18.2 Å². The maximum atomic E-state index is 13.8. The molecule has 4 aromatic rings. The first-order valence-corrected chi connectivity index (χ1v) is 19.4. The van der Waals surface area contributed by atoms with Crippen LogP contribution >= 0.6 is 0 Å². The number of ether oxygens (including phenoxy) is 1. The second-order valence-electron chi connectivity index (χ2n) is 16.2. The summed E-state index contributed by atoms with van der Waals surface area (Å²) in [5.41, 5.74) is 8.42. The van der Waals surface area contributed by atoms with E-state index in [1.54, 1.807) is 15.6 Å². The van der Waals surface area contributed by atoms with Gasteiger partial charge in [-0.1, -0.05) is 24.3 Å². The highest BCUT2D eigenvalue weighted by molar-refractivity contribution is 6.08. The Bertz CT molecular complexity index is 2220. The standard InChI is InChI=1S/C42H47N7O5/c1-26-27(28-8-5-10-33-29(28)12-21-48(33)39(52)31-23-35-36(50)11-6-19-49(35)45-31)7-4-9-30(26)44-38(51)37-43-32-24-47(20-13-34(32)46(37)2)22-18-41-14-16-42(25-41,17-15-41)40(53)54-3/h4-5,7-10,23H,6,11-22,24-25H2,1-3H3,(H,44,51). The Labute approximate surface area is 314 Å². The Morgan fingerprint density at radius 1 is 0.963 bits per heavy atom. The van der Waals surface area contributed by atoms with E-state index in [0.717, 1.165) is 104 Å². The van der Waals surface area contributed by atoms with Gasteiger partial charge in [-0.25, -0.2) is 4.98 Å². The van der Waals surface area contributed by atoms with E-state index in [1.807, 2.05) is 42.8 Å². The number of fused-ring (bicyclic) bond motifs is 5. The average Bonchev–Trinajstić information content (AvgIpc) is 4.02. The third kappa shape index (κ3) is 5.59. The fourth-order valence-corrected chi connectivity index (χ4v) is 10.2. The summed E-state index contributed by atoms with van der Waals surface area (Å²) >= 11 is 0. The summed E-state index contributed by atoms with van der Waals surface area (Å²) in [6.07, 6.45) is 8.84. The molecule has 0 atom stereocenters. The number of nitrogens with one attached hydrogen (secondary N) is 1. The first-order chi connectivity index (χ1) is 26.1. The Balaban J connectivity index is 0.890. The summed E-state index contributed by atoms with van der Waals surface area (Å²) in [4.78, 5) is 61.6. The number of amides is 2. The molecule has 2 aliphatic carbocycles. The number of benzene rings is 2. The van der Waals surface area contributed by atoms with Crippen LogP contribution < -0.4 is 10.2 Å². The molecule has 0 saturated heterocycles. The summed E-state index contributed by atoms with van der Waals surface area (Å²) < 4.78 is 8.78. The van der Waals surface area contributed by atoms with Crippen molar-refractivity contribution in [3.8, 4) is 11.1 Å². The number of anilines is 2. The monoisotopic (exact) mass is 729 g/mol. The lowest BCUT2D eigenvalue weighted by molar-refractivity contribution is -0.152. The molecule has 2 saturated carbocycles. The lowest BCUT2D eigenvalue weighted by atomic mass is 9.80. The lowest BCUT2D eigenvalue weighted by Crippen LogP contribution is -2.34. The van der Waals surface area contributed by atoms with E-state index in [9.17, 15) is 19.2 Å². The van der Waals surface area contributed by atoms with Gasteiger partial charge < -0.3 is 19.5 Å². The molecule has 5 heterocycles. The SMILES string of the molecule is COC(=O)C12CCC(CCN3CCc4c(nc(C(=O)Nc5cccc(-c6cccc7c6CCN7C(=O)c6cc7n(n6)CCCC7=O)c5C)n4C)C3)(CC1)C2. The zero-order valence-electron chi connectivity index (χ0n) is 31.4. The van der Waals surface area contributed by atoms with Gasteiger partial charge in [-0.05, 0) is 105 Å². The van der Waals surface area contributed by atoms with Gasteiger partial charge in [0, 0.05) is 69.2 Å². The quantitative estimate of drug-likeness (QED) is 0.222. The molecule has 280 valence electrons. The maximum absolute atomic E-state index is 13.8. The Morgan fingerprint density at radius 3 is 2.56 bits per heavy atom. The second kappa shape index (κ2) is 13.0. The Morgan fingerprint density at radius 2 is 1.76 bits per heavy atom. The molecule has 2 aromatic carbocycles. The zero-order chi connectivity index (χ0) is 37.4. The number of aromatic nitrogens is 4. The van der Waals surface area contributed by atoms with Crippen molar-refractivity contribution in [3.63, 3.8) is 0 Å². The molecule has 1 N–H and O–H groups in total. The number of imidazole rings is 1. The highest BCUT2D eigenvalue weighted by Crippen LogP contribution is 2.63. The van der Waals surface area contributed by atoms with Crippen LogP contribution in [0.15, 0.2) is 42.5 Å². The molecule has 9 rings (SSSR count). The first-order valence-electron chi connectivity index (χ1n) is 19.4. The van der Waals surface area contributed by atoms with Crippen molar-refractivity contribution in [2.75, 3.05) is 37.0 Å². The van der Waals surface area contributed by atoms with Crippen LogP contribution in [0.25, 0.3) is 11.1 Å². The smallest absolute Gasteiger partial charge is 0.311 e. The van der Waals surface area contributed by atoms with Crippen molar-refractivity contribution >= 4 is 34.9 Å². The normalized spacial score (nSPS) is 22.9. The molecule has 2 fully saturated rings. The second-order valence-corrected chi connectivity index (χ2v) is 16.2. The van der Waals surface area contributed by atoms with Crippen LogP contribution in [0.5, 0.6) is 0 Å². The predicted octanol–water partition coefficient (Wildman–Crippen LogP) is 5.90. The number of methoxy groups -OCH3 is 1. The van der Waals surface area contributed by atoms with Crippen LogP contribution in [0.3, 0.4) is 0 Å². The fraction of sp³-hybridized carbons (Fsp3) is 0.476. The number of hydrogen-bond donors (Lipinski definition) is 1. The number of ketones is 1. The minimum absolute atomic E-state index is 0.0284. The van der Waals surface area contributed by atoms with E-state index in [2.05, 4.69) is 27.4 Å². The van der Waals surface area contributed by atoms with Gasteiger partial charge in [-0.15, -0.1) is 0 Å². The molecule has 54 heavy (non-hydrogen) atoms. The van der Waals surface area contributed by atoms with Crippen molar-refractivity contribution in [1.29, 1.82) is 0 Å². The molecule has 2 amide bonds. The molecule has 12 nitrogen and oxygen atoms in total. The lowest BCUT2D eigenvalue weighted by Gasteiger charge is -2.32. The van der Waals surface area contributed by atoms with Gasteiger partial charge in [0.2, 0.25) is 0 Å². The minimum atomic E-state index is -0.265. The molecule has 3 aliphatic heterocycles. The van der Waals surface area contributed by atoms with Gasteiger partial charge in [0.25, 0.3) is 11.8 Å². The van der Waals surface area contributed by atoms with Crippen LogP contribution in [0.2, 0.25) is 0 Å². The third-order valence-corrected chi connectivity index (χ3v) is 13.3. The molecular weight excluding hydrogens is 683 g/mol. The zero-order valence-corrected chi connectivity index (χ0v) is 31.4. The third-order valence-electron chi connectivity index (χ3n) is 13.3. The molecule has 12 heteroatoms. The fourth-order valence-electron chi connectivity index (χ4n) is 10.2. The molecule has 2 bridgehead atoms. The van der Waals surface area contributed by atoms with Crippen molar-refractivity contribution in [1.82, 2.24) is 24.2 Å². The Hall–Kier alpha value is -5.10. The van der Waals surface area contributed by atoms with E-state index in [4.69, 9.17) is 9.72 Å². The van der Waals surface area contributed by atoms with Crippen molar-refractivity contribution < 1.29 is 23.9 Å².